The maximum atomic E-state index is 4.33. The quantitative estimate of drug-likeness (QED) is 0.355. The van der Waals surface area contributed by atoms with E-state index >= 15 is 0 Å². The van der Waals surface area contributed by atoms with Gasteiger partial charge in [-0.25, -0.2) is 4.98 Å². The van der Waals surface area contributed by atoms with Gasteiger partial charge in [0.15, 0.2) is 5.13 Å². The molecular weight excluding hydrogens is 392 g/mol. The molecule has 2 saturated carbocycles. The molecule has 4 heteroatoms. The van der Waals surface area contributed by atoms with E-state index in [1.165, 1.54) is 67.6 Å². The predicted molar refractivity (Wildman–Crippen MR) is 135 cm³/mol. The molecule has 1 N–H and O–H groups in total. The molecule has 3 rings (SSSR count). The van der Waals surface area contributed by atoms with Crippen LogP contribution in [0.4, 0.5) is 5.13 Å². The Bertz CT molecular complexity index is 579. The average molecular weight is 437 g/mol. The van der Waals surface area contributed by atoms with Crippen LogP contribution in [0.1, 0.15) is 98.8 Å². The van der Waals surface area contributed by atoms with Crippen molar-refractivity contribution >= 4 is 28.2 Å². The van der Waals surface area contributed by atoms with Crippen LogP contribution < -0.4 is 5.32 Å². The molecule has 0 atom stereocenters. The van der Waals surface area contributed by atoms with Gasteiger partial charge >= 0.3 is 0 Å². The molecule has 2 aliphatic rings. The van der Waals surface area contributed by atoms with Crippen molar-refractivity contribution in [3.05, 3.63) is 30.1 Å². The lowest BCUT2D eigenvalue weighted by Gasteiger charge is -2.15. The molecule has 0 spiro atoms. The van der Waals surface area contributed by atoms with Gasteiger partial charge in [0.25, 0.3) is 0 Å². The number of aromatic nitrogens is 1. The minimum atomic E-state index is 0.964. The van der Waals surface area contributed by atoms with Crippen molar-refractivity contribution in [2.24, 2.45) is 11.8 Å². The third-order valence-corrected chi connectivity index (χ3v) is 7.64. The van der Waals surface area contributed by atoms with Crippen molar-refractivity contribution in [2.75, 3.05) is 11.1 Å². The molecule has 0 aromatic carbocycles. The van der Waals surface area contributed by atoms with Gasteiger partial charge < -0.3 is 5.32 Å². The zero-order valence-electron chi connectivity index (χ0n) is 19.6. The molecule has 1 heterocycles. The third-order valence-electron chi connectivity index (χ3n) is 5.30. The van der Waals surface area contributed by atoms with Gasteiger partial charge in [-0.15, -0.1) is 11.8 Å². The number of allylic oxidation sites excluding steroid dienone is 2. The van der Waals surface area contributed by atoms with Crippen LogP contribution in [-0.4, -0.2) is 10.7 Å². The van der Waals surface area contributed by atoms with Gasteiger partial charge in [0.2, 0.25) is 0 Å². The number of thiazole rings is 1. The summed E-state index contributed by atoms with van der Waals surface area (Å²) < 4.78 is 1.23. The molecule has 0 amide bonds. The van der Waals surface area contributed by atoms with Crippen LogP contribution in [0.2, 0.25) is 0 Å². The van der Waals surface area contributed by atoms with E-state index in [0.717, 1.165) is 34.8 Å². The molecule has 2 fully saturated rings. The molecule has 0 bridgehead atoms. The highest BCUT2D eigenvalue weighted by Crippen LogP contribution is 2.29. The highest BCUT2D eigenvalue weighted by molar-refractivity contribution is 8.01. The Morgan fingerprint density at radius 3 is 2.07 bits per heavy atom. The number of nitrogens with zero attached hydrogens (tertiary/aromatic N) is 1. The fraction of sp³-hybridized carbons (Fsp3) is 0.720. The molecule has 2 nitrogen and oxygen atoms in total. The summed E-state index contributed by atoms with van der Waals surface area (Å²) in [7, 11) is 0. The number of anilines is 1. The Morgan fingerprint density at radius 2 is 1.66 bits per heavy atom. The molecular formula is C25H44N2S2. The van der Waals surface area contributed by atoms with E-state index in [1.807, 2.05) is 13.1 Å². The lowest BCUT2D eigenvalue weighted by atomic mass is 9.91. The summed E-state index contributed by atoms with van der Waals surface area (Å²) in [6.07, 6.45) is 18.5. The fourth-order valence-electron chi connectivity index (χ4n) is 3.54. The van der Waals surface area contributed by atoms with E-state index in [4.69, 9.17) is 0 Å². The standard InChI is InChI=1S/C12H18N2S2.C7H14.C6H12/c1-5-6-10(4)14-12-13-7-11(16-12)15-8-9(2)3;1-7-5-3-2-4-6-7;1-6-4-2-3-5-6/h6-7H,2,5,8H2,1,3-4H3,(H,13,14);7H,2-6H2,1H3;6H,2-5H2,1H3/b10-6+;;. The van der Waals surface area contributed by atoms with Gasteiger partial charge in [0, 0.05) is 11.4 Å². The molecule has 1 aromatic rings. The summed E-state index contributed by atoms with van der Waals surface area (Å²) in [4.78, 5) is 4.33. The largest absolute Gasteiger partial charge is 0.336 e. The Balaban J connectivity index is 0.000000262. The maximum absolute atomic E-state index is 4.33. The van der Waals surface area contributed by atoms with Gasteiger partial charge in [0.1, 0.15) is 0 Å². The van der Waals surface area contributed by atoms with Crippen LogP contribution in [0.3, 0.4) is 0 Å². The minimum Gasteiger partial charge on any atom is -0.336 e. The van der Waals surface area contributed by atoms with E-state index in [2.05, 4.69) is 50.7 Å². The first-order valence-corrected chi connectivity index (χ1v) is 13.4. The molecule has 0 aliphatic heterocycles. The van der Waals surface area contributed by atoms with Crippen molar-refractivity contribution in [3.8, 4) is 0 Å². The van der Waals surface area contributed by atoms with Crippen LogP contribution in [-0.2, 0) is 0 Å². The molecule has 166 valence electrons. The summed E-state index contributed by atoms with van der Waals surface area (Å²) in [5, 5.41) is 4.25. The van der Waals surface area contributed by atoms with Crippen LogP contribution in [0.5, 0.6) is 0 Å². The summed E-state index contributed by atoms with van der Waals surface area (Å²) in [5.41, 5.74) is 2.35. The molecule has 0 radical (unpaired) electrons. The topological polar surface area (TPSA) is 24.9 Å². The number of rotatable bonds is 6. The molecule has 1 aromatic heterocycles. The van der Waals surface area contributed by atoms with Crippen LogP contribution in [0.15, 0.2) is 34.3 Å². The molecule has 0 unspecified atom stereocenters. The summed E-state index contributed by atoms with van der Waals surface area (Å²) in [5.74, 6) is 3.05. The second-order valence-electron chi connectivity index (χ2n) is 8.78. The molecule has 29 heavy (non-hydrogen) atoms. The zero-order chi connectivity index (χ0) is 21.5. The second kappa shape index (κ2) is 16.0. The van der Waals surface area contributed by atoms with Gasteiger partial charge in [-0.05, 0) is 32.1 Å². The smallest absolute Gasteiger partial charge is 0.187 e. The maximum Gasteiger partial charge on any atom is 0.187 e. The Labute approximate surface area is 189 Å². The van der Waals surface area contributed by atoms with Crippen LogP contribution >= 0.6 is 23.1 Å². The van der Waals surface area contributed by atoms with Gasteiger partial charge in [-0.1, -0.05) is 108 Å². The van der Waals surface area contributed by atoms with E-state index in [1.54, 1.807) is 23.1 Å². The molecule has 2 aliphatic carbocycles. The summed E-state index contributed by atoms with van der Waals surface area (Å²) >= 11 is 3.47. The average Bonchev–Trinajstić information content (AvgIpc) is 3.33. The lowest BCUT2D eigenvalue weighted by Crippen LogP contribution is -1.99. The van der Waals surface area contributed by atoms with E-state index in [-0.39, 0.29) is 0 Å². The normalized spacial score (nSPS) is 17.8. The SMILES string of the molecule is C=C(C)CSc1cnc(N/C(C)=C/CC)s1.CC1CCCC1.CC1CCCCC1. The van der Waals surface area contributed by atoms with Crippen molar-refractivity contribution in [1.29, 1.82) is 0 Å². The minimum absolute atomic E-state index is 0.964. The van der Waals surface area contributed by atoms with Crippen molar-refractivity contribution in [3.63, 3.8) is 0 Å². The summed E-state index contributed by atoms with van der Waals surface area (Å²) in [6, 6.07) is 0. The fourth-order valence-corrected chi connectivity index (χ4v) is 5.32. The monoisotopic (exact) mass is 436 g/mol. The zero-order valence-corrected chi connectivity index (χ0v) is 21.2. The summed E-state index contributed by atoms with van der Waals surface area (Å²) in [6.45, 7) is 14.8. The van der Waals surface area contributed by atoms with Crippen LogP contribution in [0, 0.1) is 11.8 Å². The number of nitrogens with one attached hydrogen (secondary N) is 1. The Hall–Kier alpha value is -0.740. The van der Waals surface area contributed by atoms with Gasteiger partial charge in [-0.2, -0.15) is 0 Å². The van der Waals surface area contributed by atoms with Gasteiger partial charge in [-0.3, -0.25) is 0 Å². The second-order valence-corrected chi connectivity index (χ2v) is 11.1. The number of thioether (sulfide) groups is 1. The van der Waals surface area contributed by atoms with E-state index in [0.29, 0.717) is 0 Å². The lowest BCUT2D eigenvalue weighted by molar-refractivity contribution is 0.385. The Morgan fingerprint density at radius 1 is 1.10 bits per heavy atom. The van der Waals surface area contributed by atoms with Crippen molar-refractivity contribution in [2.45, 2.75) is 103 Å². The van der Waals surface area contributed by atoms with E-state index < -0.39 is 0 Å². The van der Waals surface area contributed by atoms with Crippen molar-refractivity contribution in [1.82, 2.24) is 4.98 Å². The highest BCUT2D eigenvalue weighted by Gasteiger charge is 2.07. The predicted octanol–water partition coefficient (Wildman–Crippen LogP) is 9.32. The van der Waals surface area contributed by atoms with Crippen molar-refractivity contribution < 1.29 is 0 Å². The third kappa shape index (κ3) is 14.0. The van der Waals surface area contributed by atoms with Gasteiger partial charge in [0.05, 0.1) is 10.4 Å². The van der Waals surface area contributed by atoms with E-state index in [9.17, 15) is 0 Å². The molecule has 0 saturated heterocycles. The first-order chi connectivity index (χ1) is 13.9. The van der Waals surface area contributed by atoms with Crippen LogP contribution in [0.25, 0.3) is 0 Å². The number of hydrogen-bond acceptors (Lipinski definition) is 4. The Kier molecular flexibility index (Phi) is 14.5. The highest BCUT2D eigenvalue weighted by atomic mass is 32.2. The number of hydrogen-bond donors (Lipinski definition) is 1. The first-order valence-electron chi connectivity index (χ1n) is 11.6. The first kappa shape index (κ1) is 26.3.